The van der Waals surface area contributed by atoms with E-state index in [0.29, 0.717) is 16.8 Å². The molecule has 0 saturated heterocycles. The average molecular weight is 261 g/mol. The normalized spacial score (nSPS) is 15.6. The van der Waals surface area contributed by atoms with Crippen molar-refractivity contribution in [1.29, 1.82) is 0 Å². The molecule has 1 aromatic rings. The molecular weight excluding hydrogens is 248 g/mol. The number of aromatic nitrogens is 1. The predicted octanol–water partition coefficient (Wildman–Crippen LogP) is 2.09. The van der Waals surface area contributed by atoms with E-state index in [9.17, 15) is 4.79 Å². The van der Waals surface area contributed by atoms with Gasteiger partial charge in [0, 0.05) is 6.54 Å². The highest BCUT2D eigenvalue weighted by atomic mass is 35.5. The summed E-state index contributed by atoms with van der Waals surface area (Å²) < 4.78 is 0.650. The van der Waals surface area contributed by atoms with E-state index >= 15 is 0 Å². The minimum absolute atomic E-state index is 0.0771. The molecule has 1 N–H and O–H groups in total. The Balaban J connectivity index is 1.91. The molecule has 0 radical (unpaired) electrons. The number of halogens is 1. The Hall–Kier alpha value is -0.650. The zero-order valence-electron chi connectivity index (χ0n) is 8.73. The van der Waals surface area contributed by atoms with Gasteiger partial charge < -0.3 is 5.11 Å². The lowest BCUT2D eigenvalue weighted by molar-refractivity contribution is -0.138. The molecule has 1 aliphatic rings. The van der Waals surface area contributed by atoms with E-state index in [0.717, 1.165) is 11.6 Å². The fourth-order valence-electron chi connectivity index (χ4n) is 1.59. The Labute approximate surface area is 103 Å². The van der Waals surface area contributed by atoms with Gasteiger partial charge in [0.05, 0.1) is 19.3 Å². The molecule has 0 bridgehead atoms. The smallest absolute Gasteiger partial charge is 0.317 e. The monoisotopic (exact) mass is 260 g/mol. The van der Waals surface area contributed by atoms with E-state index in [1.54, 1.807) is 6.20 Å². The number of thiazole rings is 1. The molecule has 1 fully saturated rings. The molecular formula is C10H13ClN2O2S. The molecule has 0 aliphatic heterocycles. The third-order valence-electron chi connectivity index (χ3n) is 2.46. The van der Waals surface area contributed by atoms with E-state index in [4.69, 9.17) is 16.7 Å². The third kappa shape index (κ3) is 3.73. The summed E-state index contributed by atoms with van der Waals surface area (Å²) in [4.78, 5) is 16.8. The van der Waals surface area contributed by atoms with Crippen LogP contribution in [0.4, 0.5) is 0 Å². The standard InChI is InChI=1S/C10H13ClN2O2S/c11-8-3-12-9(16-8)5-13(6-10(14)15)4-7-1-2-7/h3,7H,1-2,4-6H2,(H,14,15). The van der Waals surface area contributed by atoms with Crippen LogP contribution in [0.3, 0.4) is 0 Å². The van der Waals surface area contributed by atoms with Gasteiger partial charge in [0.15, 0.2) is 0 Å². The summed E-state index contributed by atoms with van der Waals surface area (Å²) in [5.41, 5.74) is 0. The lowest BCUT2D eigenvalue weighted by atomic mass is 10.3. The number of carbonyl (C=O) groups is 1. The summed E-state index contributed by atoms with van der Waals surface area (Å²) in [6.45, 7) is 1.51. The van der Waals surface area contributed by atoms with Crippen LogP contribution in [0, 0.1) is 5.92 Å². The van der Waals surface area contributed by atoms with Gasteiger partial charge in [-0.15, -0.1) is 11.3 Å². The van der Waals surface area contributed by atoms with Crippen molar-refractivity contribution in [3.63, 3.8) is 0 Å². The molecule has 6 heteroatoms. The van der Waals surface area contributed by atoms with Gasteiger partial charge in [-0.05, 0) is 18.8 Å². The summed E-state index contributed by atoms with van der Waals surface area (Å²) in [6.07, 6.45) is 4.04. The van der Waals surface area contributed by atoms with E-state index in [-0.39, 0.29) is 6.54 Å². The second-order valence-corrected chi connectivity index (χ2v) is 5.81. The lowest BCUT2D eigenvalue weighted by Gasteiger charge is -2.18. The largest absolute Gasteiger partial charge is 0.480 e. The number of hydrogen-bond acceptors (Lipinski definition) is 4. The maximum atomic E-state index is 10.7. The topological polar surface area (TPSA) is 53.4 Å². The van der Waals surface area contributed by atoms with Crippen molar-refractivity contribution in [1.82, 2.24) is 9.88 Å². The fourth-order valence-corrected chi connectivity index (χ4v) is 2.59. The quantitative estimate of drug-likeness (QED) is 0.851. The van der Waals surface area contributed by atoms with Crippen LogP contribution < -0.4 is 0 Å². The molecule has 1 aliphatic carbocycles. The summed E-state index contributed by atoms with van der Waals surface area (Å²) in [5.74, 6) is -0.113. The van der Waals surface area contributed by atoms with Crippen molar-refractivity contribution in [3.05, 3.63) is 15.5 Å². The predicted molar refractivity (Wildman–Crippen MR) is 62.8 cm³/mol. The first-order chi connectivity index (χ1) is 7.63. The molecule has 1 saturated carbocycles. The van der Waals surface area contributed by atoms with Crippen LogP contribution in [-0.4, -0.2) is 34.0 Å². The molecule has 0 spiro atoms. The van der Waals surface area contributed by atoms with Gasteiger partial charge in [-0.3, -0.25) is 9.69 Å². The fraction of sp³-hybridized carbons (Fsp3) is 0.600. The number of carboxylic acid groups (broad SMARTS) is 1. The zero-order valence-corrected chi connectivity index (χ0v) is 10.3. The van der Waals surface area contributed by atoms with Crippen LogP contribution in [0.15, 0.2) is 6.20 Å². The van der Waals surface area contributed by atoms with Gasteiger partial charge in [-0.2, -0.15) is 0 Å². The Morgan fingerprint density at radius 1 is 1.69 bits per heavy atom. The van der Waals surface area contributed by atoms with E-state index in [2.05, 4.69) is 4.98 Å². The van der Waals surface area contributed by atoms with Crippen molar-refractivity contribution in [2.75, 3.05) is 13.1 Å². The number of rotatable bonds is 6. The minimum atomic E-state index is -0.789. The average Bonchev–Trinajstić information content (AvgIpc) is 2.89. The van der Waals surface area contributed by atoms with Crippen LogP contribution >= 0.6 is 22.9 Å². The Kier molecular flexibility index (Phi) is 3.78. The molecule has 0 atom stereocenters. The van der Waals surface area contributed by atoms with Gasteiger partial charge in [-0.1, -0.05) is 11.6 Å². The molecule has 1 heterocycles. The highest BCUT2D eigenvalue weighted by Gasteiger charge is 2.25. The summed E-state index contributed by atoms with van der Waals surface area (Å²) >= 11 is 7.20. The number of hydrogen-bond donors (Lipinski definition) is 1. The zero-order chi connectivity index (χ0) is 11.5. The lowest BCUT2D eigenvalue weighted by Crippen LogP contribution is -2.31. The second kappa shape index (κ2) is 5.12. The molecule has 0 unspecified atom stereocenters. The SMILES string of the molecule is O=C(O)CN(Cc1ncc(Cl)s1)CC1CC1. The van der Waals surface area contributed by atoms with E-state index < -0.39 is 5.97 Å². The highest BCUT2D eigenvalue weighted by molar-refractivity contribution is 7.15. The molecule has 0 amide bonds. The maximum Gasteiger partial charge on any atom is 0.317 e. The Morgan fingerprint density at radius 3 is 2.94 bits per heavy atom. The van der Waals surface area contributed by atoms with Crippen molar-refractivity contribution < 1.29 is 9.90 Å². The second-order valence-electron chi connectivity index (χ2n) is 4.06. The Bertz CT molecular complexity index is 379. The van der Waals surface area contributed by atoms with Crippen LogP contribution in [-0.2, 0) is 11.3 Å². The summed E-state index contributed by atoms with van der Waals surface area (Å²) in [6, 6.07) is 0. The first kappa shape index (κ1) is 11.8. The third-order valence-corrected chi connectivity index (χ3v) is 3.56. The van der Waals surface area contributed by atoms with Crippen LogP contribution in [0.5, 0.6) is 0 Å². The van der Waals surface area contributed by atoms with Crippen molar-refractivity contribution in [2.24, 2.45) is 5.92 Å². The van der Waals surface area contributed by atoms with Gasteiger partial charge in [-0.25, -0.2) is 4.98 Å². The molecule has 0 aromatic carbocycles. The van der Waals surface area contributed by atoms with E-state index in [1.807, 2.05) is 4.90 Å². The maximum absolute atomic E-state index is 10.7. The number of nitrogens with zero attached hydrogens (tertiary/aromatic N) is 2. The summed E-state index contributed by atoms with van der Waals surface area (Å²) in [5, 5.41) is 9.70. The van der Waals surface area contributed by atoms with Crippen LogP contribution in [0.2, 0.25) is 4.34 Å². The van der Waals surface area contributed by atoms with E-state index in [1.165, 1.54) is 24.2 Å². The number of aliphatic carboxylic acids is 1. The first-order valence-corrected chi connectivity index (χ1v) is 6.37. The van der Waals surface area contributed by atoms with Crippen molar-refractivity contribution >= 4 is 28.9 Å². The molecule has 2 rings (SSSR count). The molecule has 88 valence electrons. The molecule has 4 nitrogen and oxygen atoms in total. The van der Waals surface area contributed by atoms with Gasteiger partial charge in [0.2, 0.25) is 0 Å². The first-order valence-electron chi connectivity index (χ1n) is 5.18. The Morgan fingerprint density at radius 2 is 2.44 bits per heavy atom. The van der Waals surface area contributed by atoms with Gasteiger partial charge in [0.1, 0.15) is 9.34 Å². The van der Waals surface area contributed by atoms with Crippen molar-refractivity contribution in [3.8, 4) is 0 Å². The van der Waals surface area contributed by atoms with Gasteiger partial charge >= 0.3 is 5.97 Å². The summed E-state index contributed by atoms with van der Waals surface area (Å²) in [7, 11) is 0. The number of carboxylic acids is 1. The molecule has 1 aromatic heterocycles. The minimum Gasteiger partial charge on any atom is -0.480 e. The van der Waals surface area contributed by atoms with Crippen molar-refractivity contribution in [2.45, 2.75) is 19.4 Å². The highest BCUT2D eigenvalue weighted by Crippen LogP contribution is 2.30. The van der Waals surface area contributed by atoms with Gasteiger partial charge in [0.25, 0.3) is 0 Å². The molecule has 16 heavy (non-hydrogen) atoms. The van der Waals surface area contributed by atoms with Crippen LogP contribution in [0.25, 0.3) is 0 Å². The van der Waals surface area contributed by atoms with Crippen LogP contribution in [0.1, 0.15) is 17.8 Å².